The topological polar surface area (TPSA) is 113 Å². The van der Waals surface area contributed by atoms with E-state index >= 15 is 0 Å². The van der Waals surface area contributed by atoms with Crippen molar-refractivity contribution in [1.29, 1.82) is 0 Å². The summed E-state index contributed by atoms with van der Waals surface area (Å²) in [5.74, 6) is -2.97. The summed E-state index contributed by atoms with van der Waals surface area (Å²) in [7, 11) is 0. The standard InChI is InChI=1S/C35H50N2O5/c1-2-3-4-5-6-7-8-9-10-11-12-13-17-21-31(35(41)42)34(40)37-27-18-26-36-33(39)30-24-22-29(23-25-30)32(38)28-19-15-14-16-20-28/h14-16,19-20,22-25,31H,2-13,17-18,21,26-27H2,1H3,(H,36,39)(H,37,40)(H,41,42). The Labute approximate surface area is 251 Å². The fraction of sp³-hybridized carbons (Fsp3) is 0.543. The zero-order chi connectivity index (χ0) is 30.4. The summed E-state index contributed by atoms with van der Waals surface area (Å²) in [4.78, 5) is 49.0. The first-order valence-corrected chi connectivity index (χ1v) is 15.9. The molecule has 0 aromatic heterocycles. The van der Waals surface area contributed by atoms with Crippen LogP contribution in [-0.2, 0) is 9.59 Å². The van der Waals surface area contributed by atoms with Crippen LogP contribution in [0.5, 0.6) is 0 Å². The minimum atomic E-state index is -1.09. The molecule has 1 atom stereocenters. The largest absolute Gasteiger partial charge is 0.481 e. The van der Waals surface area contributed by atoms with Crippen LogP contribution in [0.2, 0.25) is 0 Å². The third-order valence-electron chi connectivity index (χ3n) is 7.59. The lowest BCUT2D eigenvalue weighted by molar-refractivity contribution is -0.147. The van der Waals surface area contributed by atoms with Crippen molar-refractivity contribution in [2.24, 2.45) is 5.92 Å². The molecule has 0 aliphatic heterocycles. The van der Waals surface area contributed by atoms with Crippen molar-refractivity contribution in [3.8, 4) is 0 Å². The highest BCUT2D eigenvalue weighted by atomic mass is 16.4. The maximum atomic E-state index is 12.5. The molecule has 0 bridgehead atoms. The summed E-state index contributed by atoms with van der Waals surface area (Å²) in [5.41, 5.74) is 1.53. The normalized spacial score (nSPS) is 11.5. The van der Waals surface area contributed by atoms with Gasteiger partial charge in [0.15, 0.2) is 5.78 Å². The Morgan fingerprint density at radius 3 is 1.62 bits per heavy atom. The van der Waals surface area contributed by atoms with Crippen molar-refractivity contribution in [1.82, 2.24) is 10.6 Å². The fourth-order valence-electron chi connectivity index (χ4n) is 4.99. The summed E-state index contributed by atoms with van der Waals surface area (Å²) >= 11 is 0. The molecule has 0 spiro atoms. The smallest absolute Gasteiger partial charge is 0.316 e. The number of carboxylic acid groups (broad SMARTS) is 1. The van der Waals surface area contributed by atoms with E-state index in [4.69, 9.17) is 0 Å². The van der Waals surface area contributed by atoms with Crippen LogP contribution in [0.25, 0.3) is 0 Å². The van der Waals surface area contributed by atoms with E-state index < -0.39 is 17.8 Å². The van der Waals surface area contributed by atoms with Gasteiger partial charge in [-0.1, -0.05) is 133 Å². The van der Waals surface area contributed by atoms with Crippen LogP contribution < -0.4 is 10.6 Å². The number of benzene rings is 2. The van der Waals surface area contributed by atoms with E-state index in [2.05, 4.69) is 17.6 Å². The molecule has 0 fully saturated rings. The first-order chi connectivity index (χ1) is 20.4. The number of hydrogen-bond donors (Lipinski definition) is 3. The van der Waals surface area contributed by atoms with Gasteiger partial charge in [0.05, 0.1) is 0 Å². The Kier molecular flexibility index (Phi) is 17.6. The zero-order valence-corrected chi connectivity index (χ0v) is 25.4. The maximum absolute atomic E-state index is 12.5. The molecule has 0 aliphatic carbocycles. The number of aliphatic carboxylic acids is 1. The van der Waals surface area contributed by atoms with Gasteiger partial charge >= 0.3 is 5.97 Å². The molecule has 2 rings (SSSR count). The average molecular weight is 579 g/mol. The monoisotopic (exact) mass is 578 g/mol. The minimum absolute atomic E-state index is 0.105. The number of rotatable bonds is 23. The number of carbonyl (C=O) groups excluding carboxylic acids is 3. The van der Waals surface area contributed by atoms with Crippen molar-refractivity contribution >= 4 is 23.6 Å². The van der Waals surface area contributed by atoms with E-state index in [0.717, 1.165) is 19.3 Å². The predicted octanol–water partition coefficient (Wildman–Crippen LogP) is 7.34. The van der Waals surface area contributed by atoms with Gasteiger partial charge in [-0.05, 0) is 25.0 Å². The molecule has 2 amide bonds. The molecule has 0 saturated carbocycles. The van der Waals surface area contributed by atoms with Gasteiger partial charge in [-0.2, -0.15) is 0 Å². The Morgan fingerprint density at radius 2 is 1.07 bits per heavy atom. The van der Waals surface area contributed by atoms with Gasteiger partial charge in [0.25, 0.3) is 5.91 Å². The molecule has 2 aromatic rings. The summed E-state index contributed by atoms with van der Waals surface area (Å²) in [5, 5.41) is 15.0. The lowest BCUT2D eigenvalue weighted by Gasteiger charge is -2.13. The zero-order valence-electron chi connectivity index (χ0n) is 25.4. The van der Waals surface area contributed by atoms with Gasteiger partial charge < -0.3 is 15.7 Å². The number of hydrogen-bond acceptors (Lipinski definition) is 4. The van der Waals surface area contributed by atoms with Crippen molar-refractivity contribution in [2.75, 3.05) is 13.1 Å². The van der Waals surface area contributed by atoms with E-state index in [9.17, 15) is 24.3 Å². The van der Waals surface area contributed by atoms with Crippen molar-refractivity contribution in [3.63, 3.8) is 0 Å². The highest BCUT2D eigenvalue weighted by Gasteiger charge is 2.25. The van der Waals surface area contributed by atoms with E-state index in [1.165, 1.54) is 64.2 Å². The van der Waals surface area contributed by atoms with Gasteiger partial charge in [0, 0.05) is 29.8 Å². The van der Waals surface area contributed by atoms with Gasteiger partial charge in [-0.15, -0.1) is 0 Å². The molecule has 0 saturated heterocycles. The number of carbonyl (C=O) groups is 4. The summed E-state index contributed by atoms with van der Waals surface area (Å²) in [6.45, 7) is 2.86. The highest BCUT2D eigenvalue weighted by Crippen LogP contribution is 2.16. The molecule has 230 valence electrons. The van der Waals surface area contributed by atoms with E-state index in [-0.39, 0.29) is 18.2 Å². The SMILES string of the molecule is CCCCCCCCCCCCCCCC(C(=O)O)C(=O)NCCCNC(=O)c1ccc(C(=O)c2ccccc2)cc1. The average Bonchev–Trinajstić information content (AvgIpc) is 3.00. The molecule has 0 radical (unpaired) electrons. The fourth-order valence-corrected chi connectivity index (χ4v) is 4.99. The van der Waals surface area contributed by atoms with E-state index in [1.54, 1.807) is 48.5 Å². The molecule has 42 heavy (non-hydrogen) atoms. The highest BCUT2D eigenvalue weighted by molar-refractivity contribution is 6.09. The third-order valence-corrected chi connectivity index (χ3v) is 7.59. The first kappa shape index (κ1) is 34.7. The Balaban J connectivity index is 1.55. The molecule has 7 heteroatoms. The Bertz CT molecular complexity index is 1070. The molecule has 1 unspecified atom stereocenters. The lowest BCUT2D eigenvalue weighted by atomic mass is 9.99. The minimum Gasteiger partial charge on any atom is -0.481 e. The van der Waals surface area contributed by atoms with Crippen LogP contribution in [0.3, 0.4) is 0 Å². The molecule has 2 aromatic carbocycles. The van der Waals surface area contributed by atoms with Crippen molar-refractivity contribution in [3.05, 3.63) is 71.3 Å². The summed E-state index contributed by atoms with van der Waals surface area (Å²) < 4.78 is 0. The van der Waals surface area contributed by atoms with Crippen LogP contribution in [0.1, 0.15) is 130 Å². The Hall–Kier alpha value is -3.48. The molecular formula is C35H50N2O5. The second-order valence-corrected chi connectivity index (χ2v) is 11.1. The molecule has 0 heterocycles. The lowest BCUT2D eigenvalue weighted by Crippen LogP contribution is -2.37. The van der Waals surface area contributed by atoms with Gasteiger partial charge in [0.2, 0.25) is 5.91 Å². The second kappa shape index (κ2) is 21.3. The van der Waals surface area contributed by atoms with Crippen LogP contribution in [0.4, 0.5) is 0 Å². The predicted molar refractivity (Wildman–Crippen MR) is 168 cm³/mol. The summed E-state index contributed by atoms with van der Waals surface area (Å²) in [6, 6.07) is 15.4. The molecular weight excluding hydrogens is 528 g/mol. The maximum Gasteiger partial charge on any atom is 0.316 e. The van der Waals surface area contributed by atoms with Crippen molar-refractivity contribution in [2.45, 2.75) is 103 Å². The summed E-state index contributed by atoms with van der Waals surface area (Å²) in [6.07, 6.45) is 16.6. The number of amides is 2. The van der Waals surface area contributed by atoms with Gasteiger partial charge in [-0.25, -0.2) is 0 Å². The Morgan fingerprint density at radius 1 is 0.595 bits per heavy atom. The van der Waals surface area contributed by atoms with E-state index in [1.807, 2.05) is 6.07 Å². The van der Waals surface area contributed by atoms with Crippen LogP contribution in [-0.4, -0.2) is 41.8 Å². The first-order valence-electron chi connectivity index (χ1n) is 15.9. The number of nitrogens with one attached hydrogen (secondary N) is 2. The van der Waals surface area contributed by atoms with Gasteiger partial charge in [-0.3, -0.25) is 19.2 Å². The molecule has 0 aliphatic rings. The van der Waals surface area contributed by atoms with Crippen molar-refractivity contribution < 1.29 is 24.3 Å². The molecule has 7 nitrogen and oxygen atoms in total. The quantitative estimate of drug-likeness (QED) is 0.0726. The second-order valence-electron chi connectivity index (χ2n) is 11.1. The van der Waals surface area contributed by atoms with Crippen LogP contribution in [0, 0.1) is 5.92 Å². The number of carboxylic acids is 1. The number of ketones is 1. The van der Waals surface area contributed by atoms with Crippen LogP contribution in [0.15, 0.2) is 54.6 Å². The third kappa shape index (κ3) is 13.9. The van der Waals surface area contributed by atoms with Gasteiger partial charge in [0.1, 0.15) is 5.92 Å². The van der Waals surface area contributed by atoms with E-state index in [0.29, 0.717) is 36.1 Å². The van der Waals surface area contributed by atoms with Crippen LogP contribution >= 0.6 is 0 Å². The molecule has 3 N–H and O–H groups in total. The number of unbranched alkanes of at least 4 members (excludes halogenated alkanes) is 12.